The molecule has 4 heterocycles. The summed E-state index contributed by atoms with van der Waals surface area (Å²) in [6.07, 6.45) is 4.13. The summed E-state index contributed by atoms with van der Waals surface area (Å²) in [5.74, 6) is 1.57. The molecule has 3 aromatic carbocycles. The number of carbonyl (C=O) groups excluding carboxylic acids is 4. The van der Waals surface area contributed by atoms with Gasteiger partial charge in [-0.1, -0.05) is 68.5 Å². The lowest BCUT2D eigenvalue weighted by molar-refractivity contribution is -0.137. The summed E-state index contributed by atoms with van der Waals surface area (Å²) in [4.78, 5) is 73.5. The minimum Gasteiger partial charge on any atom is -0.488 e. The molecule has 5 aromatic rings. The summed E-state index contributed by atoms with van der Waals surface area (Å²) >= 11 is 0. The van der Waals surface area contributed by atoms with Crippen molar-refractivity contribution in [1.29, 1.82) is 0 Å². The number of H-pyrrole nitrogens is 2. The van der Waals surface area contributed by atoms with Crippen LogP contribution in [-0.2, 0) is 43.2 Å². The van der Waals surface area contributed by atoms with Crippen LogP contribution in [0.5, 0.6) is 5.75 Å². The van der Waals surface area contributed by atoms with Gasteiger partial charge in [-0.2, -0.15) is 0 Å². The van der Waals surface area contributed by atoms with Gasteiger partial charge >= 0.3 is 12.2 Å². The summed E-state index contributed by atoms with van der Waals surface area (Å²) in [6.45, 7) is 13.1. The molecule has 8 rings (SSSR count). The van der Waals surface area contributed by atoms with E-state index in [1.54, 1.807) is 37.3 Å². The fourth-order valence-corrected chi connectivity index (χ4v) is 9.71. The van der Waals surface area contributed by atoms with E-state index in [9.17, 15) is 19.2 Å². The molecule has 2 aliphatic heterocycles. The molecular formula is C51H60N8O8. The molecule has 1 aliphatic carbocycles. The van der Waals surface area contributed by atoms with Crippen molar-refractivity contribution < 1.29 is 38.1 Å². The van der Waals surface area contributed by atoms with Crippen molar-refractivity contribution in [1.82, 2.24) is 40.4 Å². The van der Waals surface area contributed by atoms with Gasteiger partial charge in [-0.15, -0.1) is 0 Å². The van der Waals surface area contributed by atoms with E-state index in [0.717, 1.165) is 87.7 Å². The van der Waals surface area contributed by atoms with Crippen LogP contribution in [0.2, 0.25) is 0 Å². The Morgan fingerprint density at radius 2 is 1.67 bits per heavy atom. The number of fused-ring (bicyclic) bond motifs is 6. The van der Waals surface area contributed by atoms with E-state index in [0.29, 0.717) is 37.6 Å². The molecule has 67 heavy (non-hydrogen) atoms. The predicted octanol–water partition coefficient (Wildman–Crippen LogP) is 8.14. The first-order chi connectivity index (χ1) is 32.3. The Bertz CT molecular complexity index is 2660. The molecule has 3 aliphatic rings. The number of nitrogens with zero attached hydrogens (tertiary/aromatic N) is 4. The van der Waals surface area contributed by atoms with Gasteiger partial charge in [-0.05, 0) is 97.9 Å². The maximum Gasteiger partial charge on any atom is 0.407 e. The van der Waals surface area contributed by atoms with E-state index in [1.807, 2.05) is 43.9 Å². The molecule has 6 atom stereocenters. The van der Waals surface area contributed by atoms with Crippen LogP contribution in [-0.4, -0.2) is 100 Å². The number of aromatic nitrogens is 4. The summed E-state index contributed by atoms with van der Waals surface area (Å²) in [6, 6.07) is 17.0. The van der Waals surface area contributed by atoms with Gasteiger partial charge in [-0.3, -0.25) is 9.59 Å². The van der Waals surface area contributed by atoms with Gasteiger partial charge in [0.2, 0.25) is 5.91 Å². The number of aryl methyl sites for hydroxylation is 2. The van der Waals surface area contributed by atoms with Crippen molar-refractivity contribution >= 4 is 24.0 Å². The van der Waals surface area contributed by atoms with Gasteiger partial charge in [0.05, 0.1) is 62.2 Å². The number of carbonyl (C=O) groups is 4. The molecule has 4 amide bonds. The Labute approximate surface area is 390 Å². The van der Waals surface area contributed by atoms with Crippen LogP contribution < -0.4 is 15.4 Å². The second-order valence-electron chi connectivity index (χ2n) is 17.7. The average Bonchev–Trinajstić information content (AvgIpc) is 4.13. The van der Waals surface area contributed by atoms with E-state index in [-0.39, 0.29) is 29.8 Å². The van der Waals surface area contributed by atoms with Crippen LogP contribution in [0.1, 0.15) is 99.1 Å². The highest BCUT2D eigenvalue weighted by molar-refractivity contribution is 5.88. The number of likely N-dealkylation sites (tertiary alicyclic amines) is 1. The lowest BCUT2D eigenvalue weighted by atomic mass is 9.86. The first kappa shape index (κ1) is 46.6. The highest BCUT2D eigenvalue weighted by Crippen LogP contribution is 2.46. The topological polar surface area (TPSA) is 193 Å². The molecule has 2 aromatic heterocycles. The van der Waals surface area contributed by atoms with Gasteiger partial charge < -0.3 is 49.3 Å². The lowest BCUT2D eigenvalue weighted by Crippen LogP contribution is -2.49. The fourth-order valence-electron chi connectivity index (χ4n) is 9.71. The highest BCUT2D eigenvalue weighted by Gasteiger charge is 2.43. The third-order valence-electron chi connectivity index (χ3n) is 13.3. The van der Waals surface area contributed by atoms with E-state index >= 15 is 0 Å². The second kappa shape index (κ2) is 19.9. The van der Waals surface area contributed by atoms with E-state index in [2.05, 4.69) is 57.5 Å². The van der Waals surface area contributed by atoms with Crippen LogP contribution in [0.3, 0.4) is 0 Å². The SMILES string of the molecule is C=C(CC)[C@H]1CC[C@@H](c2nc3c([nH]2)-c2cc4c(cc2CC3)-c2ccc(-c3cnc([C@H](C)N(C[C@H](C)COC)C(=O)[C@H](NC(=O)OC)c5ccccc5)[nH]3)cc2CO4)N1C(=O)[C@H](C)NC(=O)OC. The van der Waals surface area contributed by atoms with E-state index in [1.165, 1.54) is 19.8 Å². The van der Waals surface area contributed by atoms with Crippen molar-refractivity contribution in [3.63, 3.8) is 0 Å². The van der Waals surface area contributed by atoms with Gasteiger partial charge in [0, 0.05) is 24.8 Å². The minimum atomic E-state index is -0.985. The van der Waals surface area contributed by atoms with Crippen molar-refractivity contribution in [2.24, 2.45) is 5.92 Å². The maximum atomic E-state index is 14.4. The van der Waals surface area contributed by atoms with Crippen LogP contribution in [0.4, 0.5) is 9.59 Å². The lowest BCUT2D eigenvalue weighted by Gasteiger charge is -2.33. The number of imidazole rings is 2. The molecule has 0 bridgehead atoms. The first-order valence-electron chi connectivity index (χ1n) is 22.9. The van der Waals surface area contributed by atoms with Gasteiger partial charge in [-0.25, -0.2) is 19.6 Å². The zero-order valence-electron chi connectivity index (χ0n) is 39.2. The number of hydrogen-bond donors (Lipinski definition) is 4. The minimum absolute atomic E-state index is 0.0127. The van der Waals surface area contributed by atoms with E-state index in [4.69, 9.17) is 28.9 Å². The number of hydrogen-bond acceptors (Lipinski definition) is 10. The average molecular weight is 913 g/mol. The number of ether oxygens (including phenoxy) is 4. The Kier molecular flexibility index (Phi) is 13.8. The first-order valence-corrected chi connectivity index (χ1v) is 22.9. The highest BCUT2D eigenvalue weighted by atomic mass is 16.5. The second-order valence-corrected chi connectivity index (χ2v) is 17.7. The number of nitrogens with one attached hydrogen (secondary N) is 4. The molecule has 352 valence electrons. The summed E-state index contributed by atoms with van der Waals surface area (Å²) in [5, 5.41) is 5.38. The number of amides is 4. The summed E-state index contributed by atoms with van der Waals surface area (Å²) < 4.78 is 21.6. The van der Waals surface area contributed by atoms with Gasteiger partial charge in [0.1, 0.15) is 36.1 Å². The number of methoxy groups -OCH3 is 3. The molecule has 0 radical (unpaired) electrons. The molecular weight excluding hydrogens is 853 g/mol. The fraction of sp³-hybridized carbons (Fsp3) is 0.412. The van der Waals surface area contributed by atoms with Crippen LogP contribution >= 0.6 is 0 Å². The van der Waals surface area contributed by atoms with Crippen LogP contribution in [0.25, 0.3) is 33.6 Å². The van der Waals surface area contributed by atoms with Gasteiger partial charge in [0.15, 0.2) is 0 Å². The maximum absolute atomic E-state index is 14.4. The summed E-state index contributed by atoms with van der Waals surface area (Å²) in [5.41, 5.74) is 10.5. The zero-order chi connectivity index (χ0) is 47.5. The van der Waals surface area contributed by atoms with Crippen molar-refractivity contribution in [3.8, 4) is 39.4 Å². The Morgan fingerprint density at radius 3 is 2.40 bits per heavy atom. The predicted molar refractivity (Wildman–Crippen MR) is 252 cm³/mol. The standard InChI is InChI=1S/C51H60N8O8/c1-9-29(3)41-19-20-42(59(41)48(60)30(4)53-50(62)65-7)47-54-39-18-16-33-22-38-36-17-15-34(21-35(36)27-67-43(38)23-37(33)45(39)56-47)40-24-52-46(55-40)31(5)58(25-28(2)26-64-6)49(61)44(57-51(63)66-8)32-13-11-10-12-14-32/h10-15,17,21-24,28,30-31,41-42,44H,3,9,16,18-20,25-27H2,1-2,4-8H3,(H,52,55)(H,53,62)(H,54,56)(H,57,63)/t28-,30-,31-,41+,42-,44+/m0/s1. The Morgan fingerprint density at radius 1 is 0.910 bits per heavy atom. The Hall–Kier alpha value is -6.94. The Balaban J connectivity index is 1.04. The van der Waals surface area contributed by atoms with Gasteiger partial charge in [0.25, 0.3) is 5.91 Å². The van der Waals surface area contributed by atoms with Crippen LogP contribution in [0.15, 0.2) is 79.0 Å². The number of alkyl carbamates (subject to hydrolysis) is 2. The van der Waals surface area contributed by atoms with Crippen molar-refractivity contribution in [3.05, 3.63) is 113 Å². The van der Waals surface area contributed by atoms with Crippen LogP contribution in [0, 0.1) is 5.92 Å². The molecule has 0 unspecified atom stereocenters. The smallest absolute Gasteiger partial charge is 0.407 e. The third-order valence-corrected chi connectivity index (χ3v) is 13.3. The molecule has 16 nitrogen and oxygen atoms in total. The number of aromatic amines is 2. The zero-order valence-corrected chi connectivity index (χ0v) is 39.2. The monoisotopic (exact) mass is 912 g/mol. The quantitative estimate of drug-likeness (QED) is 0.0746. The largest absolute Gasteiger partial charge is 0.488 e. The normalized spacial score (nSPS) is 17.6. The summed E-state index contributed by atoms with van der Waals surface area (Å²) in [7, 11) is 4.18. The molecule has 0 saturated carbocycles. The number of benzene rings is 3. The van der Waals surface area contributed by atoms with Crippen molar-refractivity contribution in [2.75, 3.05) is 34.5 Å². The molecule has 1 fully saturated rings. The number of rotatable bonds is 15. The molecule has 4 N–H and O–H groups in total. The molecule has 0 spiro atoms. The third kappa shape index (κ3) is 9.40. The molecule has 1 saturated heterocycles. The van der Waals surface area contributed by atoms with Crippen molar-refractivity contribution in [2.45, 2.75) is 96.6 Å². The molecule has 16 heteroatoms. The van der Waals surface area contributed by atoms with E-state index < -0.39 is 30.3 Å².